The van der Waals surface area contributed by atoms with Crippen molar-refractivity contribution in [1.29, 1.82) is 5.26 Å². The molecule has 1 saturated carbocycles. The normalized spacial score (nSPS) is 35.8. The van der Waals surface area contributed by atoms with Crippen molar-refractivity contribution in [2.75, 3.05) is 0 Å². The summed E-state index contributed by atoms with van der Waals surface area (Å²) < 4.78 is 25.3. The van der Waals surface area contributed by atoms with Crippen molar-refractivity contribution in [3.05, 3.63) is 0 Å². The van der Waals surface area contributed by atoms with Gasteiger partial charge >= 0.3 is 0 Å². The topological polar surface area (TPSA) is 44.0 Å². The Labute approximate surface area is 68.8 Å². The van der Waals surface area contributed by atoms with Crippen LogP contribution < -0.4 is 0 Å². The van der Waals surface area contributed by atoms with Gasteiger partial charge in [-0.25, -0.2) is 8.78 Å². The lowest BCUT2D eigenvalue weighted by Gasteiger charge is -2.21. The summed E-state index contributed by atoms with van der Waals surface area (Å²) in [6, 6.07) is 1.39. The summed E-state index contributed by atoms with van der Waals surface area (Å²) in [6.45, 7) is 1.05. The maximum Gasteiger partial charge on any atom is 0.272 e. The summed E-state index contributed by atoms with van der Waals surface area (Å²) in [5.74, 6) is -1.35. The smallest absolute Gasteiger partial charge is 0.272 e. The summed E-state index contributed by atoms with van der Waals surface area (Å²) in [4.78, 5) is 0. The number of aliphatic hydroxyl groups is 1. The third-order valence-corrected chi connectivity index (χ3v) is 2.29. The number of hydrogen-bond acceptors (Lipinski definition) is 2. The Balaban J connectivity index is 3.06. The maximum atomic E-state index is 12.7. The molecule has 12 heavy (non-hydrogen) atoms. The van der Waals surface area contributed by atoms with Crippen LogP contribution in [-0.2, 0) is 0 Å². The minimum absolute atomic E-state index is 0.659. The molecule has 1 fully saturated rings. The summed E-state index contributed by atoms with van der Waals surface area (Å²) >= 11 is 0. The predicted octanol–water partition coefficient (Wildman–Crippen LogP) is 0.920. The molecule has 1 aliphatic rings. The fraction of sp³-hybridized carbons (Fsp3) is 0.625. The molecule has 1 N–H and O–H groups in total. The van der Waals surface area contributed by atoms with E-state index in [2.05, 4.69) is 0 Å². The molecular weight excluding hydrogens is 164 g/mol. The molecule has 0 saturated heterocycles. The lowest BCUT2D eigenvalue weighted by molar-refractivity contribution is -0.0100. The highest BCUT2D eigenvalue weighted by molar-refractivity contribution is 5.35. The van der Waals surface area contributed by atoms with Crippen molar-refractivity contribution in [2.24, 2.45) is 5.41 Å². The molecule has 0 amide bonds. The zero-order valence-corrected chi connectivity index (χ0v) is 6.43. The Bertz CT molecular complexity index is 297. The fourth-order valence-corrected chi connectivity index (χ4v) is 1.17. The molecule has 0 aliphatic heterocycles. The van der Waals surface area contributed by atoms with Crippen molar-refractivity contribution < 1.29 is 13.9 Å². The molecule has 4 heteroatoms. The van der Waals surface area contributed by atoms with Crippen molar-refractivity contribution in [1.82, 2.24) is 0 Å². The van der Waals surface area contributed by atoms with Crippen LogP contribution in [0.1, 0.15) is 13.3 Å². The zero-order valence-electron chi connectivity index (χ0n) is 6.43. The van der Waals surface area contributed by atoms with E-state index < -0.39 is 23.4 Å². The fourth-order valence-electron chi connectivity index (χ4n) is 1.17. The van der Waals surface area contributed by atoms with Crippen LogP contribution in [0.3, 0.4) is 0 Å². The number of hydrogen-bond donors (Lipinski definition) is 1. The molecule has 0 radical (unpaired) electrons. The first kappa shape index (κ1) is 8.96. The second-order valence-corrected chi connectivity index (χ2v) is 3.11. The minimum atomic E-state index is -3.16. The summed E-state index contributed by atoms with van der Waals surface area (Å²) in [6.07, 6.45) is 4.19. The van der Waals surface area contributed by atoms with Gasteiger partial charge in [-0.2, -0.15) is 5.26 Å². The third-order valence-electron chi connectivity index (χ3n) is 2.29. The average molecular weight is 171 g/mol. The first-order valence-electron chi connectivity index (χ1n) is 3.32. The van der Waals surface area contributed by atoms with Crippen LogP contribution in [-0.4, -0.2) is 16.6 Å². The summed E-state index contributed by atoms with van der Waals surface area (Å²) in [5.41, 5.74) is -4.12. The highest BCUT2D eigenvalue weighted by Gasteiger charge is 2.79. The monoisotopic (exact) mass is 171 g/mol. The number of alkyl halides is 2. The molecule has 1 rings (SSSR count). The van der Waals surface area contributed by atoms with Crippen LogP contribution in [0.25, 0.3) is 0 Å². The van der Waals surface area contributed by atoms with E-state index in [0.29, 0.717) is 0 Å². The Kier molecular flexibility index (Phi) is 1.47. The average Bonchev–Trinajstić information content (AvgIpc) is 2.55. The van der Waals surface area contributed by atoms with Crippen LogP contribution in [0.2, 0.25) is 0 Å². The lowest BCUT2D eigenvalue weighted by atomic mass is 9.87. The highest BCUT2D eigenvalue weighted by Crippen LogP contribution is 2.65. The van der Waals surface area contributed by atoms with Gasteiger partial charge in [0.1, 0.15) is 5.60 Å². The van der Waals surface area contributed by atoms with Gasteiger partial charge in [0, 0.05) is 6.42 Å². The van der Waals surface area contributed by atoms with Gasteiger partial charge in [0.15, 0.2) is 5.41 Å². The van der Waals surface area contributed by atoms with Crippen LogP contribution in [0.15, 0.2) is 0 Å². The van der Waals surface area contributed by atoms with Gasteiger partial charge in [-0.05, 0) is 6.92 Å². The van der Waals surface area contributed by atoms with Crippen LogP contribution in [0.4, 0.5) is 8.78 Å². The quantitative estimate of drug-likeness (QED) is 0.596. The van der Waals surface area contributed by atoms with Crippen molar-refractivity contribution >= 4 is 0 Å². The number of halogens is 2. The third kappa shape index (κ3) is 0.761. The Morgan fingerprint density at radius 3 is 2.17 bits per heavy atom. The Morgan fingerprint density at radius 1 is 1.67 bits per heavy atom. The first-order valence-corrected chi connectivity index (χ1v) is 3.32. The summed E-state index contributed by atoms with van der Waals surface area (Å²) in [5, 5.41) is 17.8. The molecule has 2 nitrogen and oxygen atoms in total. The molecule has 1 aliphatic carbocycles. The van der Waals surface area contributed by atoms with E-state index in [4.69, 9.17) is 11.7 Å². The standard InChI is InChI=1S/C8H7F2NO/c1-3-6(2,12)7(5-11)4-8(7,9)10/h1,12H,4H2,2H3/t6-,7-/m0/s1. The molecule has 2 atom stereocenters. The zero-order chi connectivity index (χ0) is 9.62. The molecule has 0 unspecified atom stereocenters. The van der Waals surface area contributed by atoms with E-state index in [1.807, 2.05) is 0 Å². The highest BCUT2D eigenvalue weighted by atomic mass is 19.3. The van der Waals surface area contributed by atoms with Gasteiger partial charge < -0.3 is 5.11 Å². The van der Waals surface area contributed by atoms with Gasteiger partial charge in [-0.15, -0.1) is 6.42 Å². The van der Waals surface area contributed by atoms with Crippen LogP contribution in [0.5, 0.6) is 0 Å². The SMILES string of the molecule is C#C[C@](C)(O)[C@@]1(C#N)CC1(F)F. The van der Waals surface area contributed by atoms with Gasteiger partial charge in [0.05, 0.1) is 6.07 Å². The maximum absolute atomic E-state index is 12.7. The van der Waals surface area contributed by atoms with E-state index in [9.17, 15) is 13.9 Å². The van der Waals surface area contributed by atoms with E-state index in [1.54, 1.807) is 5.92 Å². The lowest BCUT2D eigenvalue weighted by Crippen LogP contribution is -2.37. The van der Waals surface area contributed by atoms with Gasteiger partial charge in [-0.3, -0.25) is 0 Å². The second kappa shape index (κ2) is 1.97. The Morgan fingerprint density at radius 2 is 2.08 bits per heavy atom. The van der Waals surface area contributed by atoms with E-state index in [0.717, 1.165) is 6.92 Å². The molecule has 64 valence electrons. The van der Waals surface area contributed by atoms with E-state index in [-0.39, 0.29) is 0 Å². The van der Waals surface area contributed by atoms with Gasteiger partial charge in [0.25, 0.3) is 5.92 Å². The minimum Gasteiger partial charge on any atom is -0.376 e. The molecule has 0 bridgehead atoms. The van der Waals surface area contributed by atoms with Crippen molar-refractivity contribution in [3.63, 3.8) is 0 Å². The number of terminal acetylenes is 1. The predicted molar refractivity (Wildman–Crippen MR) is 37.1 cm³/mol. The molecule has 0 aromatic carbocycles. The number of nitrogens with zero attached hydrogens (tertiary/aromatic N) is 1. The number of rotatable bonds is 1. The van der Waals surface area contributed by atoms with E-state index in [1.165, 1.54) is 6.07 Å². The van der Waals surface area contributed by atoms with E-state index >= 15 is 0 Å². The second-order valence-electron chi connectivity index (χ2n) is 3.11. The molecule has 0 spiro atoms. The Hall–Kier alpha value is -1.13. The first-order chi connectivity index (χ1) is 5.33. The molecule has 0 aromatic rings. The molecule has 0 aromatic heterocycles. The number of nitriles is 1. The van der Waals surface area contributed by atoms with Crippen molar-refractivity contribution in [3.8, 4) is 18.4 Å². The van der Waals surface area contributed by atoms with Crippen LogP contribution in [0, 0.1) is 29.1 Å². The summed E-state index contributed by atoms with van der Waals surface area (Å²) in [7, 11) is 0. The van der Waals surface area contributed by atoms with Crippen LogP contribution >= 0.6 is 0 Å². The molecule has 0 heterocycles. The largest absolute Gasteiger partial charge is 0.376 e. The van der Waals surface area contributed by atoms with Gasteiger partial charge in [0.2, 0.25) is 0 Å². The van der Waals surface area contributed by atoms with Gasteiger partial charge in [-0.1, -0.05) is 5.92 Å². The molecular formula is C8H7F2NO. The van der Waals surface area contributed by atoms with Crippen molar-refractivity contribution in [2.45, 2.75) is 24.9 Å².